The first-order valence-electron chi connectivity index (χ1n) is 6.96. The van der Waals surface area contributed by atoms with Crippen molar-refractivity contribution in [3.63, 3.8) is 0 Å². The fourth-order valence-electron chi connectivity index (χ4n) is 1.54. The first-order chi connectivity index (χ1) is 10.8. The molecular formula is C16H20N2O5. The molecule has 2 atom stereocenters. The van der Waals surface area contributed by atoms with E-state index in [9.17, 15) is 14.4 Å². The number of ether oxygens (including phenoxy) is 2. The van der Waals surface area contributed by atoms with Gasteiger partial charge in [0.2, 0.25) is 5.91 Å². The molecule has 7 heteroatoms. The van der Waals surface area contributed by atoms with Crippen LogP contribution in [0.5, 0.6) is 5.75 Å². The summed E-state index contributed by atoms with van der Waals surface area (Å²) >= 11 is 0. The number of methoxy groups -OCH3 is 1. The lowest BCUT2D eigenvalue weighted by Gasteiger charge is -2.14. The summed E-state index contributed by atoms with van der Waals surface area (Å²) in [6.07, 6.45) is 1.85. The number of carbonyl (C=O) groups excluding carboxylic acids is 3. The summed E-state index contributed by atoms with van der Waals surface area (Å²) in [5.41, 5.74) is 5.80. The molecule has 0 unspecified atom stereocenters. The van der Waals surface area contributed by atoms with Crippen LogP contribution in [-0.2, 0) is 19.1 Å². The molecule has 0 bridgehead atoms. The maximum absolute atomic E-state index is 11.8. The van der Waals surface area contributed by atoms with Gasteiger partial charge in [-0.3, -0.25) is 9.59 Å². The van der Waals surface area contributed by atoms with E-state index in [0.717, 1.165) is 5.56 Å². The molecule has 0 saturated carbocycles. The monoisotopic (exact) mass is 320 g/mol. The predicted octanol–water partition coefficient (Wildman–Crippen LogP) is 0.630. The Hall–Kier alpha value is -2.83. The van der Waals surface area contributed by atoms with Gasteiger partial charge in [-0.2, -0.15) is 0 Å². The zero-order valence-corrected chi connectivity index (χ0v) is 13.2. The van der Waals surface area contributed by atoms with Gasteiger partial charge in [-0.1, -0.05) is 12.1 Å². The van der Waals surface area contributed by atoms with Crippen LogP contribution in [0.15, 0.2) is 30.3 Å². The van der Waals surface area contributed by atoms with Gasteiger partial charge in [0, 0.05) is 6.08 Å². The molecule has 7 nitrogen and oxygen atoms in total. The van der Waals surface area contributed by atoms with Crippen molar-refractivity contribution < 1.29 is 23.9 Å². The number of hydrogen-bond acceptors (Lipinski definition) is 5. The van der Waals surface area contributed by atoms with Crippen molar-refractivity contribution in [3.8, 4) is 5.75 Å². The smallest absolute Gasteiger partial charge is 0.329 e. The summed E-state index contributed by atoms with van der Waals surface area (Å²) in [4.78, 5) is 34.2. The Kier molecular flexibility index (Phi) is 6.79. The predicted molar refractivity (Wildman–Crippen MR) is 84.4 cm³/mol. The molecule has 1 rings (SSSR count). The van der Waals surface area contributed by atoms with Crippen LogP contribution in [0.25, 0.3) is 6.08 Å². The molecule has 124 valence electrons. The Morgan fingerprint density at radius 3 is 2.30 bits per heavy atom. The topological polar surface area (TPSA) is 108 Å². The fourth-order valence-corrected chi connectivity index (χ4v) is 1.54. The molecule has 23 heavy (non-hydrogen) atoms. The second-order valence-electron chi connectivity index (χ2n) is 4.82. The second kappa shape index (κ2) is 8.57. The highest BCUT2D eigenvalue weighted by Gasteiger charge is 2.20. The summed E-state index contributed by atoms with van der Waals surface area (Å²) in [7, 11) is 1.57. The Morgan fingerprint density at radius 2 is 1.78 bits per heavy atom. The molecule has 0 saturated heterocycles. The van der Waals surface area contributed by atoms with E-state index in [1.807, 2.05) is 0 Å². The fraction of sp³-hybridized carbons (Fsp3) is 0.312. The summed E-state index contributed by atoms with van der Waals surface area (Å²) in [6.45, 7) is 2.81. The molecule has 0 heterocycles. The average Bonchev–Trinajstić information content (AvgIpc) is 2.53. The first kappa shape index (κ1) is 18.2. The Bertz CT molecular complexity index is 595. The van der Waals surface area contributed by atoms with Crippen molar-refractivity contribution in [2.24, 2.45) is 5.73 Å². The molecule has 0 aromatic heterocycles. The van der Waals surface area contributed by atoms with Crippen LogP contribution in [0.1, 0.15) is 19.4 Å². The third kappa shape index (κ3) is 6.21. The van der Waals surface area contributed by atoms with Crippen molar-refractivity contribution >= 4 is 23.9 Å². The Balaban J connectivity index is 2.52. The average molecular weight is 320 g/mol. The standard InChI is InChI=1S/C16H20N2O5/c1-10(16(21)23-11(2)15(17)20)18-14(19)9-6-12-4-7-13(22-3)8-5-12/h4-11H,1-3H3,(H2,17,20)(H,18,19)/b9-6+/t10-,11-/m0/s1. The number of rotatable bonds is 7. The molecule has 2 amide bonds. The number of benzene rings is 1. The van der Waals surface area contributed by atoms with Crippen molar-refractivity contribution in [3.05, 3.63) is 35.9 Å². The van der Waals surface area contributed by atoms with Crippen LogP contribution in [0.4, 0.5) is 0 Å². The van der Waals surface area contributed by atoms with Crippen LogP contribution >= 0.6 is 0 Å². The summed E-state index contributed by atoms with van der Waals surface area (Å²) in [5, 5.41) is 2.44. The van der Waals surface area contributed by atoms with E-state index in [-0.39, 0.29) is 0 Å². The highest BCUT2D eigenvalue weighted by Crippen LogP contribution is 2.12. The molecule has 1 aromatic rings. The van der Waals surface area contributed by atoms with Gasteiger partial charge >= 0.3 is 5.97 Å². The van der Waals surface area contributed by atoms with E-state index in [1.54, 1.807) is 37.5 Å². The van der Waals surface area contributed by atoms with E-state index in [4.69, 9.17) is 15.2 Å². The van der Waals surface area contributed by atoms with Crippen molar-refractivity contribution in [2.75, 3.05) is 7.11 Å². The zero-order valence-electron chi connectivity index (χ0n) is 13.2. The third-order valence-corrected chi connectivity index (χ3v) is 2.95. The van der Waals surface area contributed by atoms with Gasteiger partial charge in [-0.25, -0.2) is 4.79 Å². The van der Waals surface area contributed by atoms with Gasteiger partial charge in [0.15, 0.2) is 6.10 Å². The van der Waals surface area contributed by atoms with Crippen molar-refractivity contribution in [2.45, 2.75) is 26.0 Å². The number of hydrogen-bond donors (Lipinski definition) is 2. The quantitative estimate of drug-likeness (QED) is 0.566. The molecule has 0 spiro atoms. The summed E-state index contributed by atoms with van der Waals surface area (Å²) < 4.78 is 9.83. The lowest BCUT2D eigenvalue weighted by molar-refractivity contribution is -0.156. The minimum atomic E-state index is -1.04. The number of primary amides is 1. The van der Waals surface area contributed by atoms with E-state index in [1.165, 1.54) is 19.9 Å². The summed E-state index contributed by atoms with van der Waals surface area (Å²) in [5.74, 6) is -1.23. The van der Waals surface area contributed by atoms with Crippen LogP contribution < -0.4 is 15.8 Å². The van der Waals surface area contributed by atoms with E-state index in [2.05, 4.69) is 5.32 Å². The zero-order chi connectivity index (χ0) is 17.4. The Labute approximate surface area is 134 Å². The van der Waals surface area contributed by atoms with Gasteiger partial charge in [0.25, 0.3) is 5.91 Å². The van der Waals surface area contributed by atoms with Gasteiger partial charge in [-0.15, -0.1) is 0 Å². The largest absolute Gasteiger partial charge is 0.497 e. The van der Waals surface area contributed by atoms with E-state index >= 15 is 0 Å². The summed E-state index contributed by atoms with van der Waals surface area (Å²) in [6, 6.07) is 6.21. The highest BCUT2D eigenvalue weighted by atomic mass is 16.5. The molecule has 1 aromatic carbocycles. The number of nitrogens with one attached hydrogen (secondary N) is 1. The van der Waals surface area contributed by atoms with Gasteiger partial charge in [0.05, 0.1) is 7.11 Å². The lowest BCUT2D eigenvalue weighted by atomic mass is 10.2. The highest BCUT2D eigenvalue weighted by molar-refractivity contribution is 5.94. The second-order valence-corrected chi connectivity index (χ2v) is 4.82. The number of nitrogens with two attached hydrogens (primary N) is 1. The molecule has 0 aliphatic rings. The molecular weight excluding hydrogens is 300 g/mol. The van der Waals surface area contributed by atoms with Crippen LogP contribution in [0.2, 0.25) is 0 Å². The van der Waals surface area contributed by atoms with Crippen molar-refractivity contribution in [1.29, 1.82) is 0 Å². The van der Waals surface area contributed by atoms with Gasteiger partial charge in [0.1, 0.15) is 11.8 Å². The normalized spacial score (nSPS) is 13.2. The molecule has 3 N–H and O–H groups in total. The minimum Gasteiger partial charge on any atom is -0.497 e. The lowest BCUT2D eigenvalue weighted by Crippen LogP contribution is -2.42. The maximum Gasteiger partial charge on any atom is 0.329 e. The number of esters is 1. The van der Waals surface area contributed by atoms with E-state index in [0.29, 0.717) is 5.75 Å². The van der Waals surface area contributed by atoms with E-state index < -0.39 is 29.9 Å². The SMILES string of the molecule is COc1ccc(/C=C/C(=O)N[C@@H](C)C(=O)O[C@@H](C)C(N)=O)cc1. The van der Waals surface area contributed by atoms with Gasteiger partial charge in [-0.05, 0) is 37.6 Å². The number of amides is 2. The molecule has 0 aliphatic carbocycles. The van der Waals surface area contributed by atoms with Gasteiger partial charge < -0.3 is 20.5 Å². The minimum absolute atomic E-state index is 0.461. The van der Waals surface area contributed by atoms with Crippen LogP contribution in [0, 0.1) is 0 Å². The Morgan fingerprint density at radius 1 is 1.17 bits per heavy atom. The third-order valence-electron chi connectivity index (χ3n) is 2.95. The molecule has 0 fully saturated rings. The number of carbonyl (C=O) groups is 3. The van der Waals surface area contributed by atoms with Crippen LogP contribution in [0.3, 0.4) is 0 Å². The maximum atomic E-state index is 11.8. The molecule has 0 aliphatic heterocycles. The van der Waals surface area contributed by atoms with Crippen molar-refractivity contribution in [1.82, 2.24) is 5.32 Å². The van der Waals surface area contributed by atoms with Crippen LogP contribution in [-0.4, -0.2) is 37.0 Å². The molecule has 0 radical (unpaired) electrons. The first-order valence-corrected chi connectivity index (χ1v) is 6.96.